The lowest BCUT2D eigenvalue weighted by Crippen LogP contribution is -1.97. The summed E-state index contributed by atoms with van der Waals surface area (Å²) in [7, 11) is 0. The summed E-state index contributed by atoms with van der Waals surface area (Å²) >= 11 is 5.84. The Hall–Kier alpha value is -2.60. The van der Waals surface area contributed by atoms with Crippen molar-refractivity contribution in [2.24, 2.45) is 0 Å². The molecule has 0 aliphatic rings. The van der Waals surface area contributed by atoms with Crippen LogP contribution >= 0.6 is 11.6 Å². The van der Waals surface area contributed by atoms with E-state index in [-0.39, 0.29) is 11.5 Å². The molecule has 0 saturated carbocycles. The molecule has 0 N–H and O–H groups in total. The largest absolute Gasteiger partial charge is 0.452 e. The van der Waals surface area contributed by atoms with Gasteiger partial charge in [0.1, 0.15) is 10.5 Å². The van der Waals surface area contributed by atoms with E-state index < -0.39 is 16.6 Å². The second-order valence-electron chi connectivity index (χ2n) is 4.02. The highest BCUT2D eigenvalue weighted by Gasteiger charge is 2.21. The zero-order valence-corrected chi connectivity index (χ0v) is 10.6. The molecule has 2 aromatic heterocycles. The fraction of sp³-hybridized carbons (Fsp3) is 0. The van der Waals surface area contributed by atoms with E-state index in [4.69, 9.17) is 20.4 Å². The molecule has 1 aromatic carbocycles. The molecule has 0 atom stereocenters. The number of nitrogens with zero attached hydrogens (tertiary/aromatic N) is 1. The molecule has 3 rings (SSSR count). The maximum atomic E-state index is 12.1. The van der Waals surface area contributed by atoms with E-state index >= 15 is 0 Å². The second-order valence-corrected chi connectivity index (χ2v) is 4.45. The third kappa shape index (κ3) is 2.06. The number of fused-ring (bicyclic) bond motifs is 1. The average molecular weight is 292 g/mol. The minimum atomic E-state index is -0.713. The van der Waals surface area contributed by atoms with Gasteiger partial charge in [-0.2, -0.15) is 0 Å². The summed E-state index contributed by atoms with van der Waals surface area (Å²) < 4.78 is 10.2. The predicted octanol–water partition coefficient (Wildman–Crippen LogP) is 3.82. The summed E-state index contributed by atoms with van der Waals surface area (Å²) in [6.45, 7) is 0. The van der Waals surface area contributed by atoms with Crippen molar-refractivity contribution in [2.45, 2.75) is 0 Å². The van der Waals surface area contributed by atoms with Gasteiger partial charge < -0.3 is 8.83 Å². The van der Waals surface area contributed by atoms with Crippen molar-refractivity contribution in [2.75, 3.05) is 0 Å². The lowest BCUT2D eigenvalue weighted by atomic mass is 10.2. The molecular weight excluding hydrogens is 286 g/mol. The molecule has 0 bridgehead atoms. The third-order valence-corrected chi connectivity index (χ3v) is 2.93. The molecule has 100 valence electrons. The predicted molar refractivity (Wildman–Crippen MR) is 70.0 cm³/mol. The van der Waals surface area contributed by atoms with E-state index in [0.29, 0.717) is 16.0 Å². The summed E-state index contributed by atoms with van der Waals surface area (Å²) in [4.78, 5) is 21.9. The Bertz CT molecular complexity index is 832. The summed E-state index contributed by atoms with van der Waals surface area (Å²) in [6.07, 6.45) is 0. The van der Waals surface area contributed by atoms with Gasteiger partial charge in [0, 0.05) is 10.4 Å². The van der Waals surface area contributed by atoms with Crippen molar-refractivity contribution in [3.05, 3.63) is 63.1 Å². The Balaban J connectivity index is 2.00. The van der Waals surface area contributed by atoms with E-state index in [0.717, 1.165) is 6.07 Å². The second kappa shape index (κ2) is 4.50. The third-order valence-electron chi connectivity index (χ3n) is 2.70. The van der Waals surface area contributed by atoms with Gasteiger partial charge in [-0.1, -0.05) is 11.6 Å². The number of halogens is 1. The van der Waals surface area contributed by atoms with E-state index in [1.807, 2.05) is 0 Å². The topological polar surface area (TPSA) is 86.5 Å². The Kier molecular flexibility index (Phi) is 2.80. The van der Waals surface area contributed by atoms with E-state index in [2.05, 4.69) is 0 Å². The standard InChI is InChI=1S/C13H6ClNO5/c14-8-1-2-9-7(5-8)6-11(19-9)13(16)10-3-4-12(20-10)15(17)18/h1-6H. The first-order valence-corrected chi connectivity index (χ1v) is 5.90. The van der Waals surface area contributed by atoms with Crippen LogP contribution in [0.5, 0.6) is 0 Å². The van der Waals surface area contributed by atoms with Crippen molar-refractivity contribution in [3.63, 3.8) is 0 Å². The Labute approximate surface area is 116 Å². The van der Waals surface area contributed by atoms with Crippen LogP contribution in [-0.4, -0.2) is 10.7 Å². The van der Waals surface area contributed by atoms with Crippen LogP contribution in [0, 0.1) is 10.1 Å². The van der Waals surface area contributed by atoms with E-state index in [1.54, 1.807) is 18.2 Å². The van der Waals surface area contributed by atoms with Gasteiger partial charge in [0.2, 0.25) is 0 Å². The van der Waals surface area contributed by atoms with Crippen molar-refractivity contribution >= 4 is 34.2 Å². The summed E-state index contributed by atoms with van der Waals surface area (Å²) in [5, 5.41) is 11.7. The SMILES string of the molecule is O=C(c1ccc([N+](=O)[O-])o1)c1cc2cc(Cl)ccc2o1. The van der Waals surface area contributed by atoms with Crippen LogP contribution in [0.2, 0.25) is 5.02 Å². The smallest absolute Gasteiger partial charge is 0.433 e. The lowest BCUT2D eigenvalue weighted by molar-refractivity contribution is -0.402. The molecule has 3 aromatic rings. The zero-order chi connectivity index (χ0) is 14.3. The molecule has 7 heteroatoms. The van der Waals surface area contributed by atoms with E-state index in [9.17, 15) is 14.9 Å². The van der Waals surface area contributed by atoms with Gasteiger partial charge in [-0.15, -0.1) is 0 Å². The first-order chi connectivity index (χ1) is 9.54. The Morgan fingerprint density at radius 2 is 1.90 bits per heavy atom. The van der Waals surface area contributed by atoms with E-state index in [1.165, 1.54) is 12.1 Å². The Morgan fingerprint density at radius 1 is 1.10 bits per heavy atom. The van der Waals surface area contributed by atoms with Crippen LogP contribution in [0.4, 0.5) is 5.88 Å². The summed E-state index contributed by atoms with van der Waals surface area (Å²) in [5.41, 5.74) is 0.499. The van der Waals surface area contributed by atoms with Crippen LogP contribution in [0.15, 0.2) is 45.2 Å². The lowest BCUT2D eigenvalue weighted by Gasteiger charge is -1.90. The number of benzene rings is 1. The fourth-order valence-corrected chi connectivity index (χ4v) is 1.98. The van der Waals surface area contributed by atoms with Gasteiger partial charge >= 0.3 is 5.88 Å². The Morgan fingerprint density at radius 3 is 2.60 bits per heavy atom. The molecule has 0 amide bonds. The van der Waals surface area contributed by atoms with Crippen molar-refractivity contribution in [3.8, 4) is 0 Å². The highest BCUT2D eigenvalue weighted by atomic mass is 35.5. The number of hydrogen-bond acceptors (Lipinski definition) is 5. The normalized spacial score (nSPS) is 10.8. The highest BCUT2D eigenvalue weighted by molar-refractivity contribution is 6.31. The van der Waals surface area contributed by atoms with Gasteiger partial charge in [-0.25, -0.2) is 0 Å². The molecule has 0 fully saturated rings. The number of rotatable bonds is 3. The minimum Gasteiger partial charge on any atom is -0.452 e. The molecule has 2 heterocycles. The number of hydrogen-bond donors (Lipinski definition) is 0. The molecule has 20 heavy (non-hydrogen) atoms. The zero-order valence-electron chi connectivity index (χ0n) is 9.83. The average Bonchev–Trinajstić information content (AvgIpc) is 3.03. The van der Waals surface area contributed by atoms with Crippen molar-refractivity contribution in [1.29, 1.82) is 0 Å². The molecule has 0 aliphatic heterocycles. The van der Waals surface area contributed by atoms with Crippen LogP contribution in [0.3, 0.4) is 0 Å². The van der Waals surface area contributed by atoms with Crippen LogP contribution < -0.4 is 0 Å². The first-order valence-electron chi connectivity index (χ1n) is 5.52. The first kappa shape index (κ1) is 12.4. The van der Waals surface area contributed by atoms with Crippen LogP contribution in [0.1, 0.15) is 16.3 Å². The number of carbonyl (C=O) groups is 1. The number of ketones is 1. The molecule has 6 nitrogen and oxygen atoms in total. The molecule has 0 unspecified atom stereocenters. The van der Waals surface area contributed by atoms with Crippen molar-refractivity contribution < 1.29 is 18.6 Å². The maximum absolute atomic E-state index is 12.1. The summed E-state index contributed by atoms with van der Waals surface area (Å²) in [6, 6.07) is 8.80. The molecule has 0 radical (unpaired) electrons. The summed E-state index contributed by atoms with van der Waals surface area (Å²) in [5.74, 6) is -1.17. The molecular formula is C13H6ClNO5. The quantitative estimate of drug-likeness (QED) is 0.416. The molecule has 0 saturated heterocycles. The minimum absolute atomic E-state index is 0.0338. The van der Waals surface area contributed by atoms with Gasteiger partial charge in [-0.05, 0) is 30.3 Å². The maximum Gasteiger partial charge on any atom is 0.433 e. The van der Waals surface area contributed by atoms with Crippen molar-refractivity contribution in [1.82, 2.24) is 0 Å². The highest BCUT2D eigenvalue weighted by Crippen LogP contribution is 2.26. The number of furan rings is 2. The van der Waals surface area contributed by atoms with Gasteiger partial charge in [0.15, 0.2) is 11.5 Å². The van der Waals surface area contributed by atoms with Gasteiger partial charge in [0.25, 0.3) is 5.78 Å². The number of carbonyl (C=O) groups excluding carboxylic acids is 1. The van der Waals surface area contributed by atoms with Crippen LogP contribution in [0.25, 0.3) is 11.0 Å². The monoisotopic (exact) mass is 291 g/mol. The molecule has 0 aliphatic carbocycles. The van der Waals surface area contributed by atoms with Crippen LogP contribution in [-0.2, 0) is 0 Å². The fourth-order valence-electron chi connectivity index (χ4n) is 1.80. The van der Waals surface area contributed by atoms with Gasteiger partial charge in [0.05, 0.1) is 6.07 Å². The van der Waals surface area contributed by atoms with Gasteiger partial charge in [-0.3, -0.25) is 14.9 Å². The molecule has 0 spiro atoms. The number of nitro groups is 1.